The van der Waals surface area contributed by atoms with Gasteiger partial charge in [-0.2, -0.15) is 0 Å². The van der Waals surface area contributed by atoms with Crippen LogP contribution in [0.5, 0.6) is 11.5 Å². The second-order valence-corrected chi connectivity index (χ2v) is 3.99. The lowest BCUT2D eigenvalue weighted by Gasteiger charge is -2.11. The quantitative estimate of drug-likeness (QED) is 0.552. The van der Waals surface area contributed by atoms with Crippen LogP contribution in [0.4, 0.5) is 4.39 Å². The predicted octanol–water partition coefficient (Wildman–Crippen LogP) is 3.16. The van der Waals surface area contributed by atoms with Crippen molar-refractivity contribution < 1.29 is 13.9 Å². The van der Waals surface area contributed by atoms with Gasteiger partial charge in [-0.3, -0.25) is 4.39 Å². The van der Waals surface area contributed by atoms with E-state index in [0.717, 1.165) is 22.1 Å². The molecule has 0 saturated carbocycles. The Bertz CT molecular complexity index is 282. The summed E-state index contributed by atoms with van der Waals surface area (Å²) in [6.07, 6.45) is 0.547. The van der Waals surface area contributed by atoms with Gasteiger partial charge in [-0.1, -0.05) is 6.07 Å². The molecule has 2 nitrogen and oxygen atoms in total. The Morgan fingerprint density at radius 3 is 2.27 bits per heavy atom. The molecule has 0 aromatic heterocycles. The van der Waals surface area contributed by atoms with Crippen LogP contribution in [0, 0.1) is 0 Å². The molecule has 0 radical (unpaired) electrons. The molecular formula is C11H15FO2S. The molecule has 0 saturated heterocycles. The number of thioether (sulfide) groups is 1. The molecule has 15 heavy (non-hydrogen) atoms. The average molecular weight is 230 g/mol. The summed E-state index contributed by atoms with van der Waals surface area (Å²) in [6, 6.07) is 5.62. The minimum Gasteiger partial charge on any atom is -0.495 e. The van der Waals surface area contributed by atoms with Crippen molar-refractivity contribution in [1.82, 2.24) is 0 Å². The summed E-state index contributed by atoms with van der Waals surface area (Å²) in [7, 11) is 3.24. The second-order valence-electron chi connectivity index (χ2n) is 2.88. The minimum atomic E-state index is -0.287. The zero-order valence-electron chi connectivity index (χ0n) is 8.96. The molecule has 0 aliphatic rings. The van der Waals surface area contributed by atoms with Crippen LogP contribution in [0.3, 0.4) is 0 Å². The minimum absolute atomic E-state index is 0.287. The SMILES string of the molecule is COc1cccc(OC)c1SCCCF. The standard InChI is InChI=1S/C11H15FO2S/c1-13-9-5-3-6-10(14-2)11(9)15-8-4-7-12/h3,5-6H,4,7-8H2,1-2H3. The largest absolute Gasteiger partial charge is 0.495 e. The van der Waals surface area contributed by atoms with Gasteiger partial charge in [-0.25, -0.2) is 0 Å². The molecule has 0 heterocycles. The summed E-state index contributed by atoms with van der Waals surface area (Å²) in [4.78, 5) is 0.941. The first-order valence-electron chi connectivity index (χ1n) is 4.73. The van der Waals surface area contributed by atoms with Crippen molar-refractivity contribution >= 4 is 11.8 Å². The summed E-state index contributed by atoms with van der Waals surface area (Å²) >= 11 is 1.56. The Morgan fingerprint density at radius 1 is 1.20 bits per heavy atom. The first-order chi connectivity index (χ1) is 7.33. The highest BCUT2D eigenvalue weighted by atomic mass is 32.2. The molecule has 0 spiro atoms. The van der Waals surface area contributed by atoms with E-state index in [1.165, 1.54) is 0 Å². The van der Waals surface area contributed by atoms with Crippen molar-refractivity contribution in [2.75, 3.05) is 26.6 Å². The van der Waals surface area contributed by atoms with Gasteiger partial charge in [0.2, 0.25) is 0 Å². The van der Waals surface area contributed by atoms with Gasteiger partial charge in [-0.05, 0) is 18.6 Å². The molecule has 1 aromatic rings. The number of ether oxygens (including phenoxy) is 2. The third kappa shape index (κ3) is 3.30. The molecule has 1 aromatic carbocycles. The van der Waals surface area contributed by atoms with Crippen LogP contribution in [-0.2, 0) is 0 Å². The number of rotatable bonds is 6. The number of methoxy groups -OCH3 is 2. The lowest BCUT2D eigenvalue weighted by atomic mass is 10.3. The fraction of sp³-hybridized carbons (Fsp3) is 0.455. The van der Waals surface area contributed by atoms with Gasteiger partial charge in [0.25, 0.3) is 0 Å². The first-order valence-corrected chi connectivity index (χ1v) is 5.71. The molecule has 0 aliphatic heterocycles. The molecule has 0 aliphatic carbocycles. The molecular weight excluding hydrogens is 215 g/mol. The molecule has 84 valence electrons. The van der Waals surface area contributed by atoms with E-state index >= 15 is 0 Å². The fourth-order valence-electron chi connectivity index (χ4n) is 1.19. The zero-order valence-corrected chi connectivity index (χ0v) is 9.77. The van der Waals surface area contributed by atoms with Crippen LogP contribution < -0.4 is 9.47 Å². The summed E-state index contributed by atoms with van der Waals surface area (Å²) in [6.45, 7) is -0.287. The molecule has 0 unspecified atom stereocenters. The van der Waals surface area contributed by atoms with Crippen LogP contribution in [0.2, 0.25) is 0 Å². The van der Waals surface area contributed by atoms with Crippen molar-refractivity contribution in [3.8, 4) is 11.5 Å². The van der Waals surface area contributed by atoms with Gasteiger partial charge >= 0.3 is 0 Å². The lowest BCUT2D eigenvalue weighted by Crippen LogP contribution is -1.92. The molecule has 0 atom stereocenters. The van der Waals surface area contributed by atoms with Gasteiger partial charge in [0, 0.05) is 5.75 Å². The van der Waals surface area contributed by atoms with Crippen molar-refractivity contribution in [2.24, 2.45) is 0 Å². The van der Waals surface area contributed by atoms with E-state index in [4.69, 9.17) is 9.47 Å². The number of benzene rings is 1. The Kier molecular flexibility index (Phi) is 5.32. The maximum absolute atomic E-state index is 12.0. The molecule has 0 fully saturated rings. The third-order valence-corrected chi connectivity index (χ3v) is 3.09. The molecule has 0 amide bonds. The Hall–Kier alpha value is -0.900. The highest BCUT2D eigenvalue weighted by Gasteiger charge is 2.09. The second kappa shape index (κ2) is 6.56. The van der Waals surface area contributed by atoms with Gasteiger partial charge in [0.05, 0.1) is 25.8 Å². The number of hydrogen-bond acceptors (Lipinski definition) is 3. The average Bonchev–Trinajstić information content (AvgIpc) is 2.29. The molecule has 0 N–H and O–H groups in total. The molecule has 1 rings (SSSR count). The monoisotopic (exact) mass is 230 g/mol. The summed E-state index contributed by atoms with van der Waals surface area (Å²) < 4.78 is 22.4. The number of alkyl halides is 1. The maximum atomic E-state index is 12.0. The third-order valence-electron chi connectivity index (χ3n) is 1.91. The van der Waals surface area contributed by atoms with E-state index in [2.05, 4.69) is 0 Å². The van der Waals surface area contributed by atoms with Crippen molar-refractivity contribution in [3.05, 3.63) is 18.2 Å². The van der Waals surface area contributed by atoms with Gasteiger partial charge in [0.1, 0.15) is 11.5 Å². The van der Waals surface area contributed by atoms with Gasteiger partial charge in [-0.15, -0.1) is 11.8 Å². The van der Waals surface area contributed by atoms with E-state index in [1.54, 1.807) is 26.0 Å². The smallest absolute Gasteiger partial charge is 0.136 e. The summed E-state index contributed by atoms with van der Waals surface area (Å²) in [5.74, 6) is 2.28. The van der Waals surface area contributed by atoms with Crippen LogP contribution in [0.1, 0.15) is 6.42 Å². The first kappa shape index (κ1) is 12.2. The van der Waals surface area contributed by atoms with Gasteiger partial charge < -0.3 is 9.47 Å². The van der Waals surface area contributed by atoms with Crippen molar-refractivity contribution in [3.63, 3.8) is 0 Å². The molecule has 4 heteroatoms. The number of halogens is 1. The van der Waals surface area contributed by atoms with E-state index in [1.807, 2.05) is 18.2 Å². The lowest BCUT2D eigenvalue weighted by molar-refractivity contribution is 0.376. The zero-order chi connectivity index (χ0) is 11.1. The van der Waals surface area contributed by atoms with Crippen LogP contribution >= 0.6 is 11.8 Å². The Balaban J connectivity index is 2.80. The topological polar surface area (TPSA) is 18.5 Å². The predicted molar refractivity (Wildman–Crippen MR) is 60.9 cm³/mol. The van der Waals surface area contributed by atoms with Crippen molar-refractivity contribution in [1.29, 1.82) is 0 Å². The normalized spacial score (nSPS) is 10.1. The van der Waals surface area contributed by atoms with E-state index in [9.17, 15) is 4.39 Å². The highest BCUT2D eigenvalue weighted by molar-refractivity contribution is 7.99. The Labute approximate surface area is 93.8 Å². The molecule has 0 bridgehead atoms. The summed E-state index contributed by atoms with van der Waals surface area (Å²) in [5.41, 5.74) is 0. The van der Waals surface area contributed by atoms with Crippen LogP contribution in [-0.4, -0.2) is 26.6 Å². The van der Waals surface area contributed by atoms with Crippen LogP contribution in [0.15, 0.2) is 23.1 Å². The number of hydrogen-bond donors (Lipinski definition) is 0. The Morgan fingerprint density at radius 2 is 1.80 bits per heavy atom. The maximum Gasteiger partial charge on any atom is 0.136 e. The van der Waals surface area contributed by atoms with E-state index in [-0.39, 0.29) is 6.67 Å². The van der Waals surface area contributed by atoms with E-state index in [0.29, 0.717) is 6.42 Å². The van der Waals surface area contributed by atoms with Crippen LogP contribution in [0.25, 0.3) is 0 Å². The van der Waals surface area contributed by atoms with E-state index < -0.39 is 0 Å². The highest BCUT2D eigenvalue weighted by Crippen LogP contribution is 2.37. The van der Waals surface area contributed by atoms with Gasteiger partial charge in [0.15, 0.2) is 0 Å². The van der Waals surface area contributed by atoms with Crippen molar-refractivity contribution in [2.45, 2.75) is 11.3 Å². The summed E-state index contributed by atoms with van der Waals surface area (Å²) in [5, 5.41) is 0. The fourth-order valence-corrected chi connectivity index (χ4v) is 2.23.